The molecule has 0 unspecified atom stereocenters. The van der Waals surface area contributed by atoms with Gasteiger partial charge in [-0.05, 0) is 0 Å². The molecule has 0 amide bonds. The second-order valence-corrected chi connectivity index (χ2v) is 2.06. The summed E-state index contributed by atoms with van der Waals surface area (Å²) in [5, 5.41) is 0. The fourth-order valence-corrected chi connectivity index (χ4v) is 0.508. The van der Waals surface area contributed by atoms with Crippen molar-refractivity contribution in [2.75, 3.05) is 0 Å². The van der Waals surface area contributed by atoms with E-state index >= 15 is 0 Å². The van der Waals surface area contributed by atoms with E-state index < -0.39 is 0 Å². The third-order valence-corrected chi connectivity index (χ3v) is 1.57. The summed E-state index contributed by atoms with van der Waals surface area (Å²) in [5.74, 6) is 0. The first-order valence-corrected chi connectivity index (χ1v) is 3.08. The molecule has 0 radical (unpaired) electrons. The van der Waals surface area contributed by atoms with E-state index in [0.717, 1.165) is 5.57 Å². The standard InChI is InChI=1S/C6H9.Ti/c1-5(2)6(3)4;/h1H,3H2,2,4H3;. The van der Waals surface area contributed by atoms with Crippen LogP contribution in [0, 0.1) is 0 Å². The van der Waals surface area contributed by atoms with E-state index in [4.69, 9.17) is 0 Å². The van der Waals surface area contributed by atoms with E-state index in [1.54, 1.807) is 0 Å². The van der Waals surface area contributed by atoms with Crippen LogP contribution >= 0.6 is 0 Å². The minimum atomic E-state index is 1.16. The van der Waals surface area contributed by atoms with E-state index in [-0.39, 0.29) is 0 Å². The van der Waals surface area contributed by atoms with Crippen molar-refractivity contribution in [3.63, 3.8) is 0 Å². The first-order chi connectivity index (χ1) is 3.18. The molecule has 0 aliphatic carbocycles. The van der Waals surface area contributed by atoms with Gasteiger partial charge in [0.15, 0.2) is 0 Å². The van der Waals surface area contributed by atoms with Crippen molar-refractivity contribution in [1.29, 1.82) is 0 Å². The number of rotatable bonds is 1. The van der Waals surface area contributed by atoms with Crippen molar-refractivity contribution in [2.45, 2.75) is 13.8 Å². The van der Waals surface area contributed by atoms with Gasteiger partial charge < -0.3 is 0 Å². The summed E-state index contributed by atoms with van der Waals surface area (Å²) in [7, 11) is 0. The molecule has 0 heterocycles. The van der Waals surface area contributed by atoms with E-state index in [1.165, 1.54) is 5.57 Å². The number of hydrogen-bond donors (Lipinski definition) is 0. The molecule has 0 N–H and O–H groups in total. The third-order valence-electron chi connectivity index (χ3n) is 0.890. The molecule has 0 saturated heterocycles. The summed E-state index contributed by atoms with van der Waals surface area (Å²) < 4.78 is 2.06. The second kappa shape index (κ2) is 3.23. The normalized spacial score (nSPS) is 11.3. The zero-order valence-corrected chi connectivity index (χ0v) is 6.35. The summed E-state index contributed by atoms with van der Waals surface area (Å²) in [5.41, 5.74) is 2.43. The van der Waals surface area contributed by atoms with Crippen LogP contribution in [0.4, 0.5) is 0 Å². The third kappa shape index (κ3) is 2.84. The monoisotopic (exact) mass is 129 g/mol. The van der Waals surface area contributed by atoms with Crippen LogP contribution in [-0.2, 0) is 20.4 Å². The number of allylic oxidation sites excluding steroid dienone is 2. The Morgan fingerprint density at radius 1 is 1.57 bits per heavy atom. The van der Waals surface area contributed by atoms with Gasteiger partial charge >= 0.3 is 56.4 Å². The van der Waals surface area contributed by atoms with Gasteiger partial charge in [-0.2, -0.15) is 0 Å². The molecule has 0 nitrogen and oxygen atoms in total. The fraction of sp³-hybridized carbons (Fsp3) is 0.333. The summed E-state index contributed by atoms with van der Waals surface area (Å²) in [4.78, 5) is 0. The van der Waals surface area contributed by atoms with Crippen LogP contribution in [-0.4, -0.2) is 0 Å². The molecule has 0 spiro atoms. The Balaban J connectivity index is 3.82. The van der Waals surface area contributed by atoms with Crippen molar-refractivity contribution in [3.05, 3.63) is 22.1 Å². The van der Waals surface area contributed by atoms with Crippen molar-refractivity contribution in [2.24, 2.45) is 0 Å². The second-order valence-electron chi connectivity index (χ2n) is 1.61. The van der Waals surface area contributed by atoms with Crippen molar-refractivity contribution in [3.8, 4) is 0 Å². The zero-order chi connectivity index (χ0) is 5.86. The summed E-state index contributed by atoms with van der Waals surface area (Å²) in [6, 6.07) is 0. The van der Waals surface area contributed by atoms with Gasteiger partial charge in [-0.15, -0.1) is 0 Å². The molecular formula is C6H9Ti. The van der Waals surface area contributed by atoms with Crippen molar-refractivity contribution < 1.29 is 20.4 Å². The van der Waals surface area contributed by atoms with Gasteiger partial charge in [0, 0.05) is 0 Å². The van der Waals surface area contributed by atoms with Crippen molar-refractivity contribution >= 4 is 0 Å². The average Bonchev–Trinajstić information content (AvgIpc) is 1.65. The first kappa shape index (κ1) is 7.19. The van der Waals surface area contributed by atoms with Crippen molar-refractivity contribution in [1.82, 2.24) is 0 Å². The van der Waals surface area contributed by atoms with Gasteiger partial charge in [0.05, 0.1) is 0 Å². The molecule has 0 aromatic rings. The van der Waals surface area contributed by atoms with Crippen LogP contribution in [0.3, 0.4) is 0 Å². The van der Waals surface area contributed by atoms with E-state index in [0.29, 0.717) is 0 Å². The Kier molecular flexibility index (Phi) is 3.32. The molecule has 0 aromatic carbocycles. The predicted molar refractivity (Wildman–Crippen MR) is 28.6 cm³/mol. The molecule has 0 atom stereocenters. The summed E-state index contributed by atoms with van der Waals surface area (Å²) >= 11 is 2.02. The van der Waals surface area contributed by atoms with Crippen LogP contribution in [0.5, 0.6) is 0 Å². The Morgan fingerprint density at radius 2 is 2.00 bits per heavy atom. The molecule has 0 aliphatic rings. The molecule has 7 heavy (non-hydrogen) atoms. The quantitative estimate of drug-likeness (QED) is 0.375. The van der Waals surface area contributed by atoms with Gasteiger partial charge in [-0.3, -0.25) is 0 Å². The fourth-order valence-electron chi connectivity index (χ4n) is 0.123. The van der Waals surface area contributed by atoms with Crippen LogP contribution in [0.25, 0.3) is 0 Å². The maximum absolute atomic E-state index is 3.76. The molecule has 0 saturated carbocycles. The molecule has 0 rings (SSSR count). The van der Waals surface area contributed by atoms with Gasteiger partial charge in [0.25, 0.3) is 0 Å². The van der Waals surface area contributed by atoms with Gasteiger partial charge in [0.2, 0.25) is 0 Å². The zero-order valence-electron chi connectivity index (χ0n) is 4.78. The van der Waals surface area contributed by atoms with Crippen LogP contribution in [0.15, 0.2) is 22.1 Å². The molecular weight excluding hydrogens is 120 g/mol. The molecule has 0 aliphatic heterocycles. The first-order valence-electron chi connectivity index (χ1n) is 2.18. The molecule has 0 bridgehead atoms. The Bertz CT molecular complexity index is 101. The van der Waals surface area contributed by atoms with Crippen LogP contribution < -0.4 is 0 Å². The summed E-state index contributed by atoms with van der Waals surface area (Å²) in [6.07, 6.45) is 0. The maximum atomic E-state index is 3.76. The van der Waals surface area contributed by atoms with Gasteiger partial charge in [-0.1, -0.05) is 0 Å². The van der Waals surface area contributed by atoms with E-state index in [1.807, 2.05) is 27.4 Å². The molecule has 0 fully saturated rings. The molecule has 1 heteroatoms. The molecule has 0 aromatic heterocycles. The Morgan fingerprint density at radius 3 is 2.00 bits per heavy atom. The number of hydrogen-bond acceptors (Lipinski definition) is 0. The van der Waals surface area contributed by atoms with Crippen LogP contribution in [0.2, 0.25) is 0 Å². The molecule has 37 valence electrons. The average molecular weight is 129 g/mol. The van der Waals surface area contributed by atoms with Crippen LogP contribution in [0.1, 0.15) is 13.8 Å². The van der Waals surface area contributed by atoms with Gasteiger partial charge in [0.1, 0.15) is 0 Å². The Labute approximate surface area is 56.7 Å². The SMILES string of the molecule is C=C(C)C(C)=[CH][Ti]. The minimum absolute atomic E-state index is 1.16. The van der Waals surface area contributed by atoms with Gasteiger partial charge in [-0.25, -0.2) is 0 Å². The Hall–Kier alpha value is 0.194. The predicted octanol–water partition coefficient (Wildman–Crippen LogP) is 2.01. The van der Waals surface area contributed by atoms with E-state index in [9.17, 15) is 0 Å². The summed E-state index contributed by atoms with van der Waals surface area (Å²) in [6.45, 7) is 7.82. The topological polar surface area (TPSA) is 0 Å². The van der Waals surface area contributed by atoms with E-state index in [2.05, 4.69) is 17.9 Å².